The van der Waals surface area contributed by atoms with E-state index in [-0.39, 0.29) is 11.9 Å². The molecule has 0 aromatic heterocycles. The summed E-state index contributed by atoms with van der Waals surface area (Å²) in [6.07, 6.45) is 5.43. The van der Waals surface area contributed by atoms with Gasteiger partial charge in [-0.15, -0.1) is 0 Å². The molecule has 1 aliphatic heterocycles. The monoisotopic (exact) mass is 267 g/mol. The van der Waals surface area contributed by atoms with Crippen molar-refractivity contribution in [3.63, 3.8) is 0 Å². The Kier molecular flexibility index (Phi) is 5.64. The van der Waals surface area contributed by atoms with E-state index in [0.29, 0.717) is 0 Å². The maximum Gasteiger partial charge on any atom is 0.238 e. The molecule has 2 N–H and O–H groups in total. The maximum absolute atomic E-state index is 12.1. The van der Waals surface area contributed by atoms with Gasteiger partial charge in [-0.2, -0.15) is 0 Å². The Labute approximate surface area is 117 Å². The van der Waals surface area contributed by atoms with E-state index in [9.17, 15) is 4.79 Å². The summed E-state index contributed by atoms with van der Waals surface area (Å²) in [5.41, 5.74) is 0. The van der Waals surface area contributed by atoms with Gasteiger partial charge >= 0.3 is 0 Å². The van der Waals surface area contributed by atoms with Crippen LogP contribution in [0.1, 0.15) is 39.5 Å². The van der Waals surface area contributed by atoms with Gasteiger partial charge in [-0.25, -0.2) is 0 Å². The molecule has 0 aromatic carbocycles. The predicted molar refractivity (Wildman–Crippen MR) is 78.0 cm³/mol. The Morgan fingerprint density at radius 3 is 3.00 bits per heavy atom. The summed E-state index contributed by atoms with van der Waals surface area (Å²) in [5.74, 6) is 1.85. The number of nitrogens with zero attached hydrogens (tertiary/aromatic N) is 1. The lowest BCUT2D eigenvalue weighted by Crippen LogP contribution is -2.58. The molecule has 1 saturated heterocycles. The van der Waals surface area contributed by atoms with Gasteiger partial charge in [0, 0.05) is 32.7 Å². The molecule has 1 saturated carbocycles. The number of hydrogen-bond donors (Lipinski definition) is 2. The molecule has 0 spiro atoms. The molecule has 4 nitrogen and oxygen atoms in total. The van der Waals surface area contributed by atoms with Crippen molar-refractivity contribution in [3.05, 3.63) is 0 Å². The molecule has 19 heavy (non-hydrogen) atoms. The molecule has 3 atom stereocenters. The first-order valence-electron chi connectivity index (χ1n) is 7.93. The number of hydrogen-bond acceptors (Lipinski definition) is 3. The number of carbonyl (C=O) groups excluding carboxylic acids is 1. The normalized spacial score (nSPS) is 33.1. The van der Waals surface area contributed by atoms with E-state index < -0.39 is 0 Å². The third-order valence-electron chi connectivity index (χ3n) is 4.55. The predicted octanol–water partition coefficient (Wildman–Crippen LogP) is 1.22. The summed E-state index contributed by atoms with van der Waals surface area (Å²) < 4.78 is 0. The van der Waals surface area contributed by atoms with Crippen LogP contribution in [0, 0.1) is 11.8 Å². The lowest BCUT2D eigenvalue weighted by atomic mass is 9.82. The molecule has 110 valence electrons. The SMILES string of the molecule is CCNC(=O)C1CNCCN1CC1CCCC(C)C1. The molecule has 1 amide bonds. The Morgan fingerprint density at radius 2 is 2.26 bits per heavy atom. The standard InChI is InChI=1S/C15H29N3O/c1-3-17-15(19)14-10-16-7-8-18(14)11-13-6-4-5-12(2)9-13/h12-14,16H,3-11H2,1-2H3,(H,17,19). The average molecular weight is 267 g/mol. The average Bonchev–Trinajstić information content (AvgIpc) is 2.39. The van der Waals surface area contributed by atoms with Crippen molar-refractivity contribution >= 4 is 5.91 Å². The second-order valence-corrected chi connectivity index (χ2v) is 6.25. The maximum atomic E-state index is 12.1. The van der Waals surface area contributed by atoms with Crippen LogP contribution < -0.4 is 10.6 Å². The summed E-state index contributed by atoms with van der Waals surface area (Å²) in [6, 6.07) is 0.0333. The van der Waals surface area contributed by atoms with Crippen LogP contribution in [0.2, 0.25) is 0 Å². The largest absolute Gasteiger partial charge is 0.355 e. The van der Waals surface area contributed by atoms with Gasteiger partial charge in [-0.3, -0.25) is 9.69 Å². The lowest BCUT2D eigenvalue weighted by Gasteiger charge is -2.39. The van der Waals surface area contributed by atoms with Crippen LogP contribution in [0.15, 0.2) is 0 Å². The number of piperazine rings is 1. The van der Waals surface area contributed by atoms with Gasteiger partial charge in [-0.05, 0) is 31.6 Å². The molecule has 4 heteroatoms. The number of nitrogens with one attached hydrogen (secondary N) is 2. The molecule has 0 radical (unpaired) electrons. The molecule has 2 fully saturated rings. The van der Waals surface area contributed by atoms with Gasteiger partial charge in [0.2, 0.25) is 5.91 Å². The van der Waals surface area contributed by atoms with E-state index in [1.807, 2.05) is 6.92 Å². The summed E-state index contributed by atoms with van der Waals surface area (Å²) >= 11 is 0. The second kappa shape index (κ2) is 7.25. The summed E-state index contributed by atoms with van der Waals surface area (Å²) in [5, 5.41) is 6.32. The Balaban J connectivity index is 1.89. The van der Waals surface area contributed by atoms with Crippen molar-refractivity contribution < 1.29 is 4.79 Å². The van der Waals surface area contributed by atoms with Crippen molar-refractivity contribution in [1.29, 1.82) is 0 Å². The molecule has 0 aromatic rings. The molecule has 1 aliphatic carbocycles. The minimum absolute atomic E-state index is 0.0333. The van der Waals surface area contributed by atoms with Crippen molar-refractivity contribution in [2.45, 2.75) is 45.6 Å². The van der Waals surface area contributed by atoms with Gasteiger partial charge in [0.05, 0.1) is 0 Å². The van der Waals surface area contributed by atoms with E-state index in [1.165, 1.54) is 25.7 Å². The van der Waals surface area contributed by atoms with Crippen LogP contribution >= 0.6 is 0 Å². The summed E-state index contributed by atoms with van der Waals surface area (Å²) in [4.78, 5) is 14.5. The van der Waals surface area contributed by atoms with E-state index in [0.717, 1.165) is 44.6 Å². The fraction of sp³-hybridized carbons (Fsp3) is 0.933. The highest BCUT2D eigenvalue weighted by Crippen LogP contribution is 2.29. The Hall–Kier alpha value is -0.610. The Morgan fingerprint density at radius 1 is 1.42 bits per heavy atom. The zero-order valence-electron chi connectivity index (χ0n) is 12.5. The van der Waals surface area contributed by atoms with E-state index >= 15 is 0 Å². The van der Waals surface area contributed by atoms with Crippen molar-refractivity contribution in [2.24, 2.45) is 11.8 Å². The molecular formula is C15H29N3O. The fourth-order valence-electron chi connectivity index (χ4n) is 3.57. The lowest BCUT2D eigenvalue weighted by molar-refractivity contribution is -0.127. The highest BCUT2D eigenvalue weighted by atomic mass is 16.2. The summed E-state index contributed by atoms with van der Waals surface area (Å²) in [6.45, 7) is 9.00. The quantitative estimate of drug-likeness (QED) is 0.805. The first-order valence-corrected chi connectivity index (χ1v) is 7.93. The van der Waals surface area contributed by atoms with Gasteiger partial charge in [0.15, 0.2) is 0 Å². The number of amides is 1. The van der Waals surface area contributed by atoms with Crippen molar-refractivity contribution in [1.82, 2.24) is 15.5 Å². The highest BCUT2D eigenvalue weighted by molar-refractivity contribution is 5.82. The van der Waals surface area contributed by atoms with Crippen LogP contribution in [0.5, 0.6) is 0 Å². The third-order valence-corrected chi connectivity index (χ3v) is 4.55. The summed E-state index contributed by atoms with van der Waals surface area (Å²) in [7, 11) is 0. The van der Waals surface area contributed by atoms with E-state index in [4.69, 9.17) is 0 Å². The van der Waals surface area contributed by atoms with E-state index in [2.05, 4.69) is 22.5 Å². The fourth-order valence-corrected chi connectivity index (χ4v) is 3.57. The number of likely N-dealkylation sites (N-methyl/N-ethyl adjacent to an activating group) is 1. The van der Waals surface area contributed by atoms with E-state index in [1.54, 1.807) is 0 Å². The minimum Gasteiger partial charge on any atom is -0.355 e. The molecule has 2 aliphatic rings. The second-order valence-electron chi connectivity index (χ2n) is 6.25. The Bertz CT molecular complexity index is 295. The van der Waals surface area contributed by atoms with Crippen molar-refractivity contribution in [3.8, 4) is 0 Å². The van der Waals surface area contributed by atoms with Crippen LogP contribution in [0.3, 0.4) is 0 Å². The van der Waals surface area contributed by atoms with Gasteiger partial charge in [0.1, 0.15) is 6.04 Å². The van der Waals surface area contributed by atoms with Crippen LogP contribution in [-0.2, 0) is 4.79 Å². The molecular weight excluding hydrogens is 238 g/mol. The van der Waals surface area contributed by atoms with Gasteiger partial charge < -0.3 is 10.6 Å². The van der Waals surface area contributed by atoms with Crippen LogP contribution in [-0.4, -0.2) is 49.6 Å². The van der Waals surface area contributed by atoms with Crippen LogP contribution in [0.4, 0.5) is 0 Å². The number of rotatable bonds is 4. The zero-order valence-corrected chi connectivity index (χ0v) is 12.5. The van der Waals surface area contributed by atoms with Gasteiger partial charge in [0.25, 0.3) is 0 Å². The topological polar surface area (TPSA) is 44.4 Å². The highest BCUT2D eigenvalue weighted by Gasteiger charge is 2.30. The molecule has 0 bridgehead atoms. The van der Waals surface area contributed by atoms with Crippen molar-refractivity contribution in [2.75, 3.05) is 32.7 Å². The van der Waals surface area contributed by atoms with Crippen LogP contribution in [0.25, 0.3) is 0 Å². The molecule has 3 unspecified atom stereocenters. The van der Waals surface area contributed by atoms with Gasteiger partial charge in [-0.1, -0.05) is 19.8 Å². The first kappa shape index (κ1) is 14.8. The smallest absolute Gasteiger partial charge is 0.238 e. The number of carbonyl (C=O) groups is 1. The first-order chi connectivity index (χ1) is 9.20. The zero-order chi connectivity index (χ0) is 13.7. The third kappa shape index (κ3) is 4.18. The minimum atomic E-state index is 0.0333. The molecule has 1 heterocycles. The molecule has 2 rings (SSSR count).